The quantitative estimate of drug-likeness (QED) is 0.874. The van der Waals surface area contributed by atoms with Crippen LogP contribution in [0.5, 0.6) is 5.75 Å². The van der Waals surface area contributed by atoms with Gasteiger partial charge in [0, 0.05) is 12.1 Å². The summed E-state index contributed by atoms with van der Waals surface area (Å²) in [7, 11) is 0. The Balaban J connectivity index is 1.80. The summed E-state index contributed by atoms with van der Waals surface area (Å²) in [5.41, 5.74) is 1.53. The summed E-state index contributed by atoms with van der Waals surface area (Å²) in [6.45, 7) is 2.34. The second-order valence-corrected chi connectivity index (χ2v) is 5.83. The standard InChI is InChI=1S/C14H17ClN2O2/c1-8-2-3-9(4-8)16-11-6-13-12(5-10(11)15)17-14(18)7-19-13/h5-6,8-9,16H,2-4,7H2,1H3,(H,17,18). The summed E-state index contributed by atoms with van der Waals surface area (Å²) in [4.78, 5) is 11.2. The van der Waals surface area contributed by atoms with E-state index in [0.717, 1.165) is 11.6 Å². The minimum atomic E-state index is -0.145. The van der Waals surface area contributed by atoms with Gasteiger partial charge in [-0.1, -0.05) is 18.5 Å². The molecule has 1 saturated carbocycles. The van der Waals surface area contributed by atoms with E-state index in [0.29, 0.717) is 22.5 Å². The van der Waals surface area contributed by atoms with Crippen LogP contribution in [0.3, 0.4) is 0 Å². The van der Waals surface area contributed by atoms with Crippen molar-refractivity contribution < 1.29 is 9.53 Å². The number of ether oxygens (including phenoxy) is 1. The first kappa shape index (κ1) is 12.6. The van der Waals surface area contributed by atoms with Crippen molar-refractivity contribution in [2.75, 3.05) is 17.2 Å². The Morgan fingerprint density at radius 3 is 3.00 bits per heavy atom. The predicted octanol–water partition coefficient (Wildman–Crippen LogP) is 3.27. The van der Waals surface area contributed by atoms with E-state index >= 15 is 0 Å². The molecule has 102 valence electrons. The van der Waals surface area contributed by atoms with Gasteiger partial charge in [-0.15, -0.1) is 0 Å². The fraction of sp³-hybridized carbons (Fsp3) is 0.500. The first-order valence-corrected chi connectivity index (χ1v) is 7.02. The van der Waals surface area contributed by atoms with Gasteiger partial charge in [-0.2, -0.15) is 0 Å². The van der Waals surface area contributed by atoms with Crippen LogP contribution in [0.4, 0.5) is 11.4 Å². The van der Waals surface area contributed by atoms with Crippen LogP contribution in [0.1, 0.15) is 26.2 Å². The van der Waals surface area contributed by atoms with Gasteiger partial charge in [-0.25, -0.2) is 0 Å². The fourth-order valence-electron chi connectivity index (χ4n) is 2.77. The summed E-state index contributed by atoms with van der Waals surface area (Å²) in [5.74, 6) is 1.30. The maximum Gasteiger partial charge on any atom is 0.262 e. The molecule has 0 radical (unpaired) electrons. The van der Waals surface area contributed by atoms with Crippen LogP contribution in [0, 0.1) is 5.92 Å². The van der Waals surface area contributed by atoms with Gasteiger partial charge in [0.15, 0.2) is 6.61 Å². The highest BCUT2D eigenvalue weighted by Crippen LogP contribution is 2.38. The van der Waals surface area contributed by atoms with E-state index in [-0.39, 0.29) is 12.5 Å². The van der Waals surface area contributed by atoms with Crippen molar-refractivity contribution in [3.05, 3.63) is 17.2 Å². The van der Waals surface area contributed by atoms with Crippen LogP contribution >= 0.6 is 11.6 Å². The zero-order valence-corrected chi connectivity index (χ0v) is 11.6. The topological polar surface area (TPSA) is 50.4 Å². The molecule has 2 N–H and O–H groups in total. The van der Waals surface area contributed by atoms with Gasteiger partial charge in [0.1, 0.15) is 5.75 Å². The van der Waals surface area contributed by atoms with Crippen molar-refractivity contribution >= 4 is 28.9 Å². The molecule has 2 atom stereocenters. The first-order chi connectivity index (χ1) is 9.11. The van der Waals surface area contributed by atoms with Crippen molar-refractivity contribution in [1.82, 2.24) is 0 Å². The molecule has 0 bridgehead atoms. The van der Waals surface area contributed by atoms with E-state index in [9.17, 15) is 4.79 Å². The van der Waals surface area contributed by atoms with Crippen molar-refractivity contribution in [3.8, 4) is 5.75 Å². The van der Waals surface area contributed by atoms with Gasteiger partial charge in [-0.3, -0.25) is 4.79 Å². The smallest absolute Gasteiger partial charge is 0.262 e. The van der Waals surface area contributed by atoms with Crippen LogP contribution < -0.4 is 15.4 Å². The van der Waals surface area contributed by atoms with E-state index in [1.54, 1.807) is 6.07 Å². The van der Waals surface area contributed by atoms with Crippen LogP contribution in [-0.4, -0.2) is 18.6 Å². The van der Waals surface area contributed by atoms with E-state index in [4.69, 9.17) is 16.3 Å². The zero-order valence-electron chi connectivity index (χ0n) is 10.8. The molecule has 0 spiro atoms. The molecule has 1 aliphatic heterocycles. The lowest BCUT2D eigenvalue weighted by Crippen LogP contribution is -2.25. The van der Waals surface area contributed by atoms with Crippen LogP contribution in [0.2, 0.25) is 5.02 Å². The first-order valence-electron chi connectivity index (χ1n) is 6.64. The minimum absolute atomic E-state index is 0.0640. The predicted molar refractivity (Wildman–Crippen MR) is 76.0 cm³/mol. The molecular formula is C14H17ClN2O2. The van der Waals surface area contributed by atoms with Gasteiger partial charge in [-0.05, 0) is 31.2 Å². The number of anilines is 2. The summed E-state index contributed by atoms with van der Waals surface area (Å²) < 4.78 is 5.41. The number of hydrogen-bond donors (Lipinski definition) is 2. The number of benzene rings is 1. The number of fused-ring (bicyclic) bond motifs is 1. The number of rotatable bonds is 2. The zero-order chi connectivity index (χ0) is 13.4. The highest BCUT2D eigenvalue weighted by Gasteiger charge is 2.23. The third kappa shape index (κ3) is 2.63. The van der Waals surface area contributed by atoms with E-state index in [1.807, 2.05) is 6.07 Å². The SMILES string of the molecule is CC1CCC(Nc2cc3c(cc2Cl)NC(=O)CO3)C1. The molecule has 1 aromatic rings. The van der Waals surface area contributed by atoms with Crippen molar-refractivity contribution in [3.63, 3.8) is 0 Å². The molecule has 3 rings (SSSR count). The highest BCUT2D eigenvalue weighted by atomic mass is 35.5. The Bertz CT molecular complexity index is 518. The normalized spacial score (nSPS) is 25.5. The lowest BCUT2D eigenvalue weighted by atomic mass is 10.1. The van der Waals surface area contributed by atoms with Gasteiger partial charge in [0.05, 0.1) is 16.4 Å². The Kier molecular flexibility index (Phi) is 3.27. The molecule has 19 heavy (non-hydrogen) atoms. The summed E-state index contributed by atoms with van der Waals surface area (Å²) in [6, 6.07) is 4.10. The molecule has 1 heterocycles. The number of nitrogens with one attached hydrogen (secondary N) is 2. The van der Waals surface area contributed by atoms with E-state index < -0.39 is 0 Å². The molecule has 0 aromatic heterocycles. The molecule has 5 heteroatoms. The maximum absolute atomic E-state index is 11.2. The molecule has 1 fully saturated rings. The molecule has 1 aromatic carbocycles. The Labute approximate surface area is 117 Å². The number of hydrogen-bond acceptors (Lipinski definition) is 3. The van der Waals surface area contributed by atoms with Crippen molar-refractivity contribution in [1.29, 1.82) is 0 Å². The Morgan fingerprint density at radius 2 is 2.26 bits per heavy atom. The lowest BCUT2D eigenvalue weighted by Gasteiger charge is -2.21. The third-order valence-electron chi connectivity index (χ3n) is 3.76. The van der Waals surface area contributed by atoms with Gasteiger partial charge in [0.2, 0.25) is 0 Å². The molecule has 2 aliphatic rings. The van der Waals surface area contributed by atoms with Crippen molar-refractivity contribution in [2.45, 2.75) is 32.2 Å². The highest BCUT2D eigenvalue weighted by molar-refractivity contribution is 6.33. The number of carbonyl (C=O) groups excluding carboxylic acids is 1. The van der Waals surface area contributed by atoms with Crippen molar-refractivity contribution in [2.24, 2.45) is 5.92 Å². The van der Waals surface area contributed by atoms with Crippen LogP contribution in [0.15, 0.2) is 12.1 Å². The molecule has 4 nitrogen and oxygen atoms in total. The number of amides is 1. The van der Waals surface area contributed by atoms with Crippen LogP contribution in [-0.2, 0) is 4.79 Å². The number of carbonyl (C=O) groups is 1. The summed E-state index contributed by atoms with van der Waals surface area (Å²) in [5, 5.41) is 6.84. The number of halogens is 1. The van der Waals surface area contributed by atoms with E-state index in [1.165, 1.54) is 19.3 Å². The summed E-state index contributed by atoms with van der Waals surface area (Å²) >= 11 is 6.25. The third-order valence-corrected chi connectivity index (χ3v) is 4.07. The summed E-state index contributed by atoms with van der Waals surface area (Å²) in [6.07, 6.45) is 3.60. The lowest BCUT2D eigenvalue weighted by molar-refractivity contribution is -0.118. The maximum atomic E-state index is 11.2. The average molecular weight is 281 g/mol. The Hall–Kier alpha value is -1.42. The van der Waals surface area contributed by atoms with Gasteiger partial charge >= 0.3 is 0 Å². The molecule has 1 aliphatic carbocycles. The minimum Gasteiger partial charge on any atom is -0.482 e. The Morgan fingerprint density at radius 1 is 1.42 bits per heavy atom. The molecule has 0 saturated heterocycles. The molecule has 1 amide bonds. The second kappa shape index (κ2) is 4.93. The molecular weight excluding hydrogens is 264 g/mol. The monoisotopic (exact) mass is 280 g/mol. The van der Waals surface area contributed by atoms with Crippen LogP contribution in [0.25, 0.3) is 0 Å². The largest absolute Gasteiger partial charge is 0.482 e. The average Bonchev–Trinajstić information content (AvgIpc) is 2.76. The van der Waals surface area contributed by atoms with Gasteiger partial charge < -0.3 is 15.4 Å². The fourth-order valence-corrected chi connectivity index (χ4v) is 2.99. The van der Waals surface area contributed by atoms with E-state index in [2.05, 4.69) is 17.6 Å². The van der Waals surface area contributed by atoms with Gasteiger partial charge in [0.25, 0.3) is 5.91 Å². The second-order valence-electron chi connectivity index (χ2n) is 5.42. The molecule has 2 unspecified atom stereocenters.